The molecule has 4 rings (SSSR count). The fraction of sp³-hybridized carbons (Fsp3) is 0.120. The number of benzene rings is 3. The Morgan fingerprint density at radius 3 is 2.50 bits per heavy atom. The van der Waals surface area contributed by atoms with Crippen molar-refractivity contribution in [3.05, 3.63) is 112 Å². The fourth-order valence-corrected chi connectivity index (χ4v) is 3.46. The molecule has 0 saturated carbocycles. The number of hydrogen-bond acceptors (Lipinski definition) is 4. The van der Waals surface area contributed by atoms with Crippen molar-refractivity contribution in [2.24, 2.45) is 0 Å². The lowest BCUT2D eigenvalue weighted by molar-refractivity contribution is -0.133. The summed E-state index contributed by atoms with van der Waals surface area (Å²) in [6, 6.07) is 22.1. The number of halogens is 1. The van der Waals surface area contributed by atoms with E-state index in [9.17, 15) is 14.0 Å². The number of carbonyl (C=O) groups excluding carboxylic acids is 1. The molecule has 1 amide bonds. The van der Waals surface area contributed by atoms with Gasteiger partial charge in [-0.15, -0.1) is 0 Å². The van der Waals surface area contributed by atoms with Gasteiger partial charge in [0.15, 0.2) is 0 Å². The molecule has 1 heterocycles. The molecule has 0 N–H and O–H groups in total. The van der Waals surface area contributed by atoms with E-state index in [-0.39, 0.29) is 36.9 Å². The lowest BCUT2D eigenvalue weighted by Crippen LogP contribution is -2.36. The van der Waals surface area contributed by atoms with Crippen LogP contribution in [0.2, 0.25) is 0 Å². The summed E-state index contributed by atoms with van der Waals surface area (Å²) in [7, 11) is 0. The number of nitriles is 1. The standard InChI is InChI=1S/C25H19FN4O2/c26-22-6-3-4-20(12-22)16-29(15-19-10-8-18(13-27)9-11-19)24(31)17-30-25(32)23-7-2-1-5-21(23)14-28-30/h1-12,14H,15-17H2. The number of amides is 1. The maximum atomic E-state index is 13.7. The maximum absolute atomic E-state index is 13.7. The molecular weight excluding hydrogens is 407 g/mol. The summed E-state index contributed by atoms with van der Waals surface area (Å²) >= 11 is 0. The monoisotopic (exact) mass is 426 g/mol. The highest BCUT2D eigenvalue weighted by molar-refractivity contribution is 5.81. The van der Waals surface area contributed by atoms with Gasteiger partial charge in [0.2, 0.25) is 5.91 Å². The third-order valence-corrected chi connectivity index (χ3v) is 5.12. The Bertz CT molecular complexity index is 1370. The van der Waals surface area contributed by atoms with E-state index in [1.54, 1.807) is 65.7 Å². The van der Waals surface area contributed by atoms with Crippen LogP contribution in [0.1, 0.15) is 16.7 Å². The SMILES string of the molecule is N#Cc1ccc(CN(Cc2cccc(F)c2)C(=O)Cn2ncc3ccccc3c2=O)cc1. The third-order valence-electron chi connectivity index (χ3n) is 5.12. The average molecular weight is 426 g/mol. The van der Waals surface area contributed by atoms with Crippen molar-refractivity contribution in [2.75, 3.05) is 0 Å². The topological polar surface area (TPSA) is 79.0 Å². The van der Waals surface area contributed by atoms with Crippen molar-refractivity contribution in [2.45, 2.75) is 19.6 Å². The predicted molar refractivity (Wildman–Crippen MR) is 118 cm³/mol. The van der Waals surface area contributed by atoms with Crippen LogP contribution < -0.4 is 5.56 Å². The molecule has 7 heteroatoms. The molecule has 0 aliphatic rings. The van der Waals surface area contributed by atoms with Gasteiger partial charge in [-0.2, -0.15) is 10.4 Å². The van der Waals surface area contributed by atoms with E-state index >= 15 is 0 Å². The largest absolute Gasteiger partial charge is 0.332 e. The third kappa shape index (κ3) is 4.71. The predicted octanol–water partition coefficient (Wildman–Crippen LogP) is 3.64. The van der Waals surface area contributed by atoms with Crippen molar-refractivity contribution in [3.8, 4) is 6.07 Å². The molecule has 0 saturated heterocycles. The summed E-state index contributed by atoms with van der Waals surface area (Å²) in [6.07, 6.45) is 1.56. The Kier molecular flexibility index (Phi) is 6.04. The van der Waals surface area contributed by atoms with Crippen molar-refractivity contribution >= 4 is 16.7 Å². The molecule has 0 spiro atoms. The Labute approximate surface area is 183 Å². The number of rotatable bonds is 6. The molecule has 0 atom stereocenters. The minimum Gasteiger partial charge on any atom is -0.332 e. The molecule has 0 radical (unpaired) electrons. The number of hydrogen-bond donors (Lipinski definition) is 0. The molecule has 0 aliphatic heterocycles. The summed E-state index contributed by atoms with van der Waals surface area (Å²) in [5.41, 5.74) is 1.61. The quantitative estimate of drug-likeness (QED) is 0.472. The first-order valence-electron chi connectivity index (χ1n) is 9.99. The average Bonchev–Trinajstić information content (AvgIpc) is 2.81. The number of fused-ring (bicyclic) bond motifs is 1. The number of carbonyl (C=O) groups is 1. The molecule has 3 aromatic carbocycles. The zero-order chi connectivity index (χ0) is 22.5. The van der Waals surface area contributed by atoms with Gasteiger partial charge in [0, 0.05) is 18.5 Å². The van der Waals surface area contributed by atoms with E-state index in [0.29, 0.717) is 21.9 Å². The molecule has 1 aromatic heterocycles. The van der Waals surface area contributed by atoms with Crippen LogP contribution in [0.15, 0.2) is 83.8 Å². The first-order chi connectivity index (χ1) is 15.5. The highest BCUT2D eigenvalue weighted by Gasteiger charge is 2.17. The summed E-state index contributed by atoms with van der Waals surface area (Å²) < 4.78 is 14.8. The van der Waals surface area contributed by atoms with Crippen molar-refractivity contribution in [3.63, 3.8) is 0 Å². The van der Waals surface area contributed by atoms with E-state index in [1.807, 2.05) is 6.07 Å². The van der Waals surface area contributed by atoms with Crippen LogP contribution in [-0.4, -0.2) is 20.6 Å². The molecule has 0 unspecified atom stereocenters. The van der Waals surface area contributed by atoms with Gasteiger partial charge in [-0.25, -0.2) is 9.07 Å². The van der Waals surface area contributed by atoms with Crippen molar-refractivity contribution in [1.82, 2.24) is 14.7 Å². The van der Waals surface area contributed by atoms with E-state index in [2.05, 4.69) is 11.2 Å². The molecule has 32 heavy (non-hydrogen) atoms. The van der Waals surface area contributed by atoms with Gasteiger partial charge in [0.1, 0.15) is 12.4 Å². The normalized spacial score (nSPS) is 10.6. The molecule has 0 bridgehead atoms. The summed E-state index contributed by atoms with van der Waals surface area (Å²) in [4.78, 5) is 27.5. The van der Waals surface area contributed by atoms with E-state index in [4.69, 9.17) is 5.26 Å². The van der Waals surface area contributed by atoms with E-state index < -0.39 is 0 Å². The van der Waals surface area contributed by atoms with Crippen molar-refractivity contribution < 1.29 is 9.18 Å². The zero-order valence-electron chi connectivity index (χ0n) is 17.1. The minimum absolute atomic E-state index is 0.166. The van der Waals surface area contributed by atoms with Crippen LogP contribution in [0, 0.1) is 17.1 Å². The second-order valence-corrected chi connectivity index (χ2v) is 7.38. The molecule has 4 aromatic rings. The Morgan fingerprint density at radius 1 is 1.00 bits per heavy atom. The molecule has 0 fully saturated rings. The van der Waals surface area contributed by atoms with E-state index in [1.165, 1.54) is 12.1 Å². The smallest absolute Gasteiger partial charge is 0.275 e. The van der Waals surface area contributed by atoms with Crippen LogP contribution in [0.25, 0.3) is 10.8 Å². The Hall–Kier alpha value is -4.31. The zero-order valence-corrected chi connectivity index (χ0v) is 17.1. The van der Waals surface area contributed by atoms with Gasteiger partial charge in [0.25, 0.3) is 5.56 Å². The van der Waals surface area contributed by atoms with Crippen LogP contribution >= 0.6 is 0 Å². The summed E-state index contributed by atoms with van der Waals surface area (Å²) in [6.45, 7) is 0.164. The van der Waals surface area contributed by atoms with Gasteiger partial charge < -0.3 is 4.90 Å². The number of nitrogens with zero attached hydrogens (tertiary/aromatic N) is 4. The maximum Gasteiger partial charge on any atom is 0.275 e. The van der Waals surface area contributed by atoms with Gasteiger partial charge in [-0.05, 0) is 41.5 Å². The first-order valence-corrected chi connectivity index (χ1v) is 9.99. The van der Waals surface area contributed by atoms with Crippen molar-refractivity contribution in [1.29, 1.82) is 5.26 Å². The summed E-state index contributed by atoms with van der Waals surface area (Å²) in [5, 5.41) is 14.3. The molecule has 6 nitrogen and oxygen atoms in total. The van der Waals surface area contributed by atoms with Gasteiger partial charge in [0.05, 0.1) is 23.2 Å². The van der Waals surface area contributed by atoms with Gasteiger partial charge in [-0.3, -0.25) is 9.59 Å². The van der Waals surface area contributed by atoms with E-state index in [0.717, 1.165) is 10.2 Å². The van der Waals surface area contributed by atoms with Gasteiger partial charge in [-0.1, -0.05) is 42.5 Å². The van der Waals surface area contributed by atoms with Crippen LogP contribution in [-0.2, 0) is 24.4 Å². The highest BCUT2D eigenvalue weighted by atomic mass is 19.1. The fourth-order valence-electron chi connectivity index (χ4n) is 3.46. The summed E-state index contributed by atoms with van der Waals surface area (Å²) in [5.74, 6) is -0.718. The lowest BCUT2D eigenvalue weighted by atomic mass is 10.1. The highest BCUT2D eigenvalue weighted by Crippen LogP contribution is 2.14. The molecule has 0 aliphatic carbocycles. The van der Waals surface area contributed by atoms with Crippen LogP contribution in [0.4, 0.5) is 4.39 Å². The lowest BCUT2D eigenvalue weighted by Gasteiger charge is -2.23. The Balaban J connectivity index is 1.62. The number of aromatic nitrogens is 2. The van der Waals surface area contributed by atoms with Crippen LogP contribution in [0.3, 0.4) is 0 Å². The van der Waals surface area contributed by atoms with Crippen LogP contribution in [0.5, 0.6) is 0 Å². The molecular formula is C25H19FN4O2. The Morgan fingerprint density at radius 2 is 1.75 bits per heavy atom. The minimum atomic E-state index is -0.388. The van der Waals surface area contributed by atoms with Gasteiger partial charge >= 0.3 is 0 Å². The first kappa shape index (κ1) is 20.9. The second-order valence-electron chi connectivity index (χ2n) is 7.38. The second kappa shape index (κ2) is 9.23. The molecule has 158 valence electrons.